The fourth-order valence-electron chi connectivity index (χ4n) is 0.0781. The number of rotatable bonds is 2. The molecule has 0 bridgehead atoms. The van der Waals surface area contributed by atoms with Gasteiger partial charge in [0.1, 0.15) is 6.04 Å². The van der Waals surface area contributed by atoms with Crippen LogP contribution >= 0.6 is 0 Å². The third-order valence-corrected chi connectivity index (χ3v) is 0.514. The van der Waals surface area contributed by atoms with Crippen LogP contribution in [0.3, 0.4) is 0 Å². The molecule has 0 unspecified atom stereocenters. The lowest BCUT2D eigenvalue weighted by Crippen LogP contribution is -2.33. The second kappa shape index (κ2) is 2.54. The molecule has 0 aliphatic heterocycles. The molecule has 7 heavy (non-hydrogen) atoms. The average Bonchev–Trinajstić information content (AvgIpc) is 1.65. The molecule has 0 spiro atoms. The molecule has 0 aromatic heterocycles. The highest BCUT2D eigenvalue weighted by Crippen LogP contribution is 1.71. The lowest BCUT2D eigenvalue weighted by atomic mass is 10.4. The highest BCUT2D eigenvalue weighted by atomic mass is 16.4. The van der Waals surface area contributed by atoms with Gasteiger partial charge in [-0.05, 0) is 0 Å². The second-order valence-electron chi connectivity index (χ2n) is 1.13. The smallest absolute Gasteiger partial charge is 0.322 e. The first-order chi connectivity index (χ1) is 3.18. The van der Waals surface area contributed by atoms with Gasteiger partial charge in [0, 0.05) is 0 Å². The Hall–Kier alpha value is -0.610. The molecule has 0 aromatic carbocycles. The summed E-state index contributed by atoms with van der Waals surface area (Å²) in [6, 6.07) is -1.13. The summed E-state index contributed by atoms with van der Waals surface area (Å²) in [6.45, 7) is -0.505. The minimum Gasteiger partial charge on any atom is -0.480 e. The van der Waals surface area contributed by atoms with Crippen molar-refractivity contribution in [1.29, 1.82) is 0 Å². The first-order valence-corrected chi connectivity index (χ1v) is 1.77. The highest BCUT2D eigenvalue weighted by Gasteiger charge is 2.06. The Morgan fingerprint density at radius 1 is 1.86 bits per heavy atom. The monoisotopic (exact) mass is 106 g/mol. The van der Waals surface area contributed by atoms with Gasteiger partial charge in [-0.25, -0.2) is 0 Å². The maximum absolute atomic E-state index is 9.65. The molecular formula is C3H7NO3. The maximum atomic E-state index is 9.65. The Morgan fingerprint density at radius 2 is 2.29 bits per heavy atom. The largest absolute Gasteiger partial charge is 0.480 e. The first-order valence-electron chi connectivity index (χ1n) is 1.77. The zero-order valence-electron chi connectivity index (χ0n) is 3.66. The summed E-state index contributed by atoms with van der Waals surface area (Å²) < 4.78 is 0. The van der Waals surface area contributed by atoms with Crippen LogP contribution in [0.15, 0.2) is 0 Å². The van der Waals surface area contributed by atoms with E-state index in [9.17, 15) is 4.79 Å². The fraction of sp³-hybridized carbons (Fsp3) is 0.667. The molecule has 0 aromatic rings. The molecule has 0 amide bonds. The van der Waals surface area contributed by atoms with Gasteiger partial charge < -0.3 is 15.9 Å². The van der Waals surface area contributed by atoms with Crippen LogP contribution in [0.2, 0.25) is 0 Å². The van der Waals surface area contributed by atoms with Crippen LogP contribution in [0.4, 0.5) is 0 Å². The number of carbonyl (C=O) groups is 1. The molecule has 4 nitrogen and oxygen atoms in total. The second-order valence-corrected chi connectivity index (χ2v) is 1.13. The summed E-state index contributed by atoms with van der Waals surface area (Å²) in [4.78, 5) is 9.65. The maximum Gasteiger partial charge on any atom is 0.322 e. The number of aliphatic carboxylic acids is 1. The molecule has 1 atom stereocenters. The van der Waals surface area contributed by atoms with E-state index >= 15 is 0 Å². The topological polar surface area (TPSA) is 83.5 Å². The number of aliphatic hydroxyl groups is 1. The molecule has 4 N–H and O–H groups in total. The van der Waals surface area contributed by atoms with Crippen molar-refractivity contribution >= 4 is 5.97 Å². The minimum absolute atomic E-state index is 0.505. The van der Waals surface area contributed by atoms with Crippen molar-refractivity contribution < 1.29 is 15.0 Å². The molecule has 42 valence electrons. The van der Waals surface area contributed by atoms with Gasteiger partial charge in [0.2, 0.25) is 0 Å². The van der Waals surface area contributed by atoms with Gasteiger partial charge in [-0.15, -0.1) is 0 Å². The molecule has 0 saturated heterocycles. The summed E-state index contributed by atoms with van der Waals surface area (Å²) in [5.74, 6) is -1.18. The summed E-state index contributed by atoms with van der Waals surface area (Å²) in [7, 11) is 0. The van der Waals surface area contributed by atoms with Crippen molar-refractivity contribution in [1.82, 2.24) is 0 Å². The summed E-state index contributed by atoms with van der Waals surface area (Å²) >= 11 is 0. The number of nitrogens with two attached hydrogens (primary N) is 1. The quantitative estimate of drug-likeness (QED) is 0.370. The molecule has 0 fully saturated rings. The highest BCUT2D eigenvalue weighted by molar-refractivity contribution is 5.73. The number of carboxylic acids is 1. The van der Waals surface area contributed by atoms with Crippen LogP contribution in [0.1, 0.15) is 0 Å². The average molecular weight is 106 g/mol. The van der Waals surface area contributed by atoms with Gasteiger partial charge in [0.25, 0.3) is 0 Å². The van der Waals surface area contributed by atoms with E-state index in [4.69, 9.17) is 15.9 Å². The minimum atomic E-state index is -1.18. The van der Waals surface area contributed by atoms with Gasteiger partial charge in [-0.2, -0.15) is 0 Å². The van der Waals surface area contributed by atoms with Crippen LogP contribution < -0.4 is 5.73 Å². The van der Waals surface area contributed by atoms with Crippen molar-refractivity contribution in [2.45, 2.75) is 6.04 Å². The molecule has 0 radical (unpaired) electrons. The van der Waals surface area contributed by atoms with Gasteiger partial charge in [0.15, 0.2) is 0 Å². The van der Waals surface area contributed by atoms with Gasteiger partial charge in [-0.1, -0.05) is 0 Å². The van der Waals surface area contributed by atoms with Gasteiger partial charge in [-0.3, -0.25) is 4.79 Å². The predicted molar refractivity (Wildman–Crippen MR) is 22.7 cm³/mol. The molecule has 4 heteroatoms. The first kappa shape index (κ1) is 6.39. The van der Waals surface area contributed by atoms with Crippen molar-refractivity contribution in [3.8, 4) is 0 Å². The molecule has 0 rings (SSSR count). The Bertz CT molecular complexity index is 72.6. The zero-order chi connectivity index (χ0) is 5.86. The molecule has 0 aliphatic carbocycles. The van der Waals surface area contributed by atoms with E-state index < -0.39 is 18.6 Å². The zero-order valence-corrected chi connectivity index (χ0v) is 3.66. The van der Waals surface area contributed by atoms with Gasteiger partial charge >= 0.3 is 5.97 Å². The van der Waals surface area contributed by atoms with Crippen molar-refractivity contribution in [3.05, 3.63) is 0 Å². The molecule has 0 saturated carbocycles. The van der Waals surface area contributed by atoms with E-state index in [0.717, 1.165) is 0 Å². The van der Waals surface area contributed by atoms with E-state index in [1.165, 1.54) is 0 Å². The third kappa shape index (κ3) is 2.13. The normalized spacial score (nSPS) is 13.4. The molecular weight excluding hydrogens is 99.0 g/mol. The van der Waals surface area contributed by atoms with Crippen LogP contribution in [0.5, 0.6) is 0 Å². The van der Waals surface area contributed by atoms with E-state index in [1.54, 1.807) is 0 Å². The summed E-state index contributed by atoms with van der Waals surface area (Å²) in [5, 5.41) is 15.9. The number of carboxylic acid groups (broad SMARTS) is 1. The van der Waals surface area contributed by atoms with Gasteiger partial charge in [0.05, 0.1) is 6.61 Å². The van der Waals surface area contributed by atoms with Crippen LogP contribution in [0.25, 0.3) is 0 Å². The van der Waals surface area contributed by atoms with Crippen LogP contribution in [-0.2, 0) is 4.79 Å². The van der Waals surface area contributed by atoms with Crippen molar-refractivity contribution in [2.75, 3.05) is 6.61 Å². The standard InChI is InChI=1S/C3H7NO3/c4-2(1-5)3(6)7/h2,5H,1,4H2,(H,6,7)/t2-/m0/s1/i4+1. The number of hydrogen-bond donors (Lipinski definition) is 3. The lowest BCUT2D eigenvalue weighted by Gasteiger charge is -1.96. The summed E-state index contributed by atoms with van der Waals surface area (Å²) in [6.07, 6.45) is 0. The Labute approximate surface area is 40.6 Å². The molecule has 0 aliphatic rings. The van der Waals surface area contributed by atoms with Crippen molar-refractivity contribution in [3.63, 3.8) is 0 Å². The van der Waals surface area contributed by atoms with E-state index in [0.29, 0.717) is 0 Å². The van der Waals surface area contributed by atoms with Crippen molar-refractivity contribution in [2.24, 2.45) is 5.73 Å². The lowest BCUT2D eigenvalue weighted by molar-refractivity contribution is -0.139. The Morgan fingerprint density at radius 3 is 2.29 bits per heavy atom. The van der Waals surface area contributed by atoms with E-state index in [-0.39, 0.29) is 0 Å². The van der Waals surface area contributed by atoms with Crippen LogP contribution in [0, 0.1) is 0 Å². The van der Waals surface area contributed by atoms with Crippen LogP contribution in [-0.4, -0.2) is 28.8 Å². The number of hydrogen-bond acceptors (Lipinski definition) is 3. The number of aliphatic hydroxyl groups excluding tert-OH is 1. The molecule has 0 heterocycles. The Balaban J connectivity index is 3.34. The Kier molecular flexibility index (Phi) is 2.32. The van der Waals surface area contributed by atoms with E-state index in [2.05, 4.69) is 0 Å². The predicted octanol–water partition coefficient (Wildman–Crippen LogP) is -1.61. The third-order valence-electron chi connectivity index (χ3n) is 0.514. The fourth-order valence-corrected chi connectivity index (χ4v) is 0.0781. The summed E-state index contributed by atoms with van der Waals surface area (Å²) in [5.41, 5.74) is 4.77. The van der Waals surface area contributed by atoms with E-state index in [1.807, 2.05) is 0 Å². The SMILES string of the molecule is [15NH2][C@@H](CO)C(=O)O.